The zero-order valence-corrected chi connectivity index (χ0v) is 14.2. The summed E-state index contributed by atoms with van der Waals surface area (Å²) in [6, 6.07) is 10.5. The van der Waals surface area contributed by atoms with Crippen molar-refractivity contribution in [1.29, 1.82) is 0 Å². The summed E-state index contributed by atoms with van der Waals surface area (Å²) in [7, 11) is 0. The Kier molecular flexibility index (Phi) is 4.91. The maximum atomic E-state index is 13.8. The van der Waals surface area contributed by atoms with Crippen molar-refractivity contribution in [3.8, 4) is 0 Å². The molecule has 0 unspecified atom stereocenters. The van der Waals surface area contributed by atoms with Gasteiger partial charge in [0, 0.05) is 36.8 Å². The van der Waals surface area contributed by atoms with E-state index in [4.69, 9.17) is 0 Å². The number of aromatic nitrogens is 1. The zero-order valence-electron chi connectivity index (χ0n) is 12.6. The number of carbonyl (C=O) groups excluding carboxylic acids is 1. The Morgan fingerprint density at radius 2 is 1.96 bits per heavy atom. The van der Waals surface area contributed by atoms with Gasteiger partial charge < -0.3 is 9.80 Å². The van der Waals surface area contributed by atoms with Crippen molar-refractivity contribution in [2.45, 2.75) is 6.42 Å². The monoisotopic (exact) mass is 377 g/mol. The minimum atomic E-state index is -0.339. The number of hydrogen-bond acceptors (Lipinski definition) is 3. The lowest BCUT2D eigenvalue weighted by Gasteiger charge is -2.35. The molecule has 3 rings (SSSR count). The standard InChI is InChI=1S/C17H17BrFN3O/c18-14-4-5-15(19)13(11-14)12-17(23)22-9-7-21(8-10-22)16-3-1-2-6-20-16/h1-6,11H,7-10,12H2. The zero-order chi connectivity index (χ0) is 16.2. The van der Waals surface area contributed by atoms with Crippen molar-refractivity contribution < 1.29 is 9.18 Å². The first-order valence-electron chi connectivity index (χ1n) is 7.51. The SMILES string of the molecule is O=C(Cc1cc(Br)ccc1F)N1CCN(c2ccccn2)CC1. The first-order chi connectivity index (χ1) is 11.1. The average molecular weight is 378 g/mol. The molecular formula is C17H17BrFN3O. The highest BCUT2D eigenvalue weighted by atomic mass is 79.9. The molecule has 0 aliphatic carbocycles. The molecule has 1 aromatic carbocycles. The number of piperazine rings is 1. The number of rotatable bonds is 3. The van der Waals surface area contributed by atoms with E-state index in [-0.39, 0.29) is 18.1 Å². The molecule has 1 aliphatic rings. The lowest BCUT2D eigenvalue weighted by Crippen LogP contribution is -2.49. The minimum absolute atomic E-state index is 0.0392. The fourth-order valence-corrected chi connectivity index (χ4v) is 3.09. The van der Waals surface area contributed by atoms with Gasteiger partial charge in [-0.05, 0) is 35.9 Å². The number of hydrogen-bond donors (Lipinski definition) is 0. The summed E-state index contributed by atoms with van der Waals surface area (Å²) < 4.78 is 14.6. The highest BCUT2D eigenvalue weighted by molar-refractivity contribution is 9.10. The highest BCUT2D eigenvalue weighted by Gasteiger charge is 2.22. The molecule has 0 bridgehead atoms. The van der Waals surface area contributed by atoms with Crippen LogP contribution >= 0.6 is 15.9 Å². The van der Waals surface area contributed by atoms with Gasteiger partial charge in [-0.25, -0.2) is 9.37 Å². The molecule has 0 spiro atoms. The van der Waals surface area contributed by atoms with E-state index in [1.54, 1.807) is 23.2 Å². The lowest BCUT2D eigenvalue weighted by atomic mass is 10.1. The second-order valence-electron chi connectivity index (χ2n) is 5.47. The molecule has 4 nitrogen and oxygen atoms in total. The Morgan fingerprint density at radius 1 is 1.17 bits per heavy atom. The quantitative estimate of drug-likeness (QED) is 0.824. The molecule has 0 N–H and O–H groups in total. The minimum Gasteiger partial charge on any atom is -0.353 e. The molecule has 0 atom stereocenters. The predicted molar refractivity (Wildman–Crippen MR) is 90.8 cm³/mol. The van der Waals surface area contributed by atoms with Crippen molar-refractivity contribution >= 4 is 27.7 Å². The molecule has 0 radical (unpaired) electrons. The lowest BCUT2D eigenvalue weighted by molar-refractivity contribution is -0.130. The van der Waals surface area contributed by atoms with Gasteiger partial charge in [0.15, 0.2) is 0 Å². The summed E-state index contributed by atoms with van der Waals surface area (Å²) in [5.41, 5.74) is 0.427. The maximum absolute atomic E-state index is 13.8. The van der Waals surface area contributed by atoms with Gasteiger partial charge in [-0.15, -0.1) is 0 Å². The third-order valence-electron chi connectivity index (χ3n) is 3.96. The fraction of sp³-hybridized carbons (Fsp3) is 0.294. The van der Waals surface area contributed by atoms with Gasteiger partial charge >= 0.3 is 0 Å². The van der Waals surface area contributed by atoms with Crippen molar-refractivity contribution in [2.75, 3.05) is 31.1 Å². The summed E-state index contributed by atoms with van der Waals surface area (Å²) in [5, 5.41) is 0. The van der Waals surface area contributed by atoms with E-state index in [9.17, 15) is 9.18 Å². The van der Waals surface area contributed by atoms with Crippen LogP contribution in [0, 0.1) is 5.82 Å². The number of anilines is 1. The molecule has 6 heteroatoms. The van der Waals surface area contributed by atoms with Crippen LogP contribution in [0.15, 0.2) is 47.1 Å². The highest BCUT2D eigenvalue weighted by Crippen LogP contribution is 2.18. The Morgan fingerprint density at radius 3 is 2.65 bits per heavy atom. The van der Waals surface area contributed by atoms with Crippen LogP contribution in [0.25, 0.3) is 0 Å². The molecule has 2 aromatic rings. The fourth-order valence-electron chi connectivity index (χ4n) is 2.68. The van der Waals surface area contributed by atoms with Gasteiger partial charge in [0.05, 0.1) is 6.42 Å². The van der Waals surface area contributed by atoms with E-state index in [0.717, 1.165) is 23.4 Å². The molecule has 1 aromatic heterocycles. The van der Waals surface area contributed by atoms with Crippen LogP contribution in [-0.2, 0) is 11.2 Å². The number of halogens is 2. The molecule has 1 saturated heterocycles. The summed E-state index contributed by atoms with van der Waals surface area (Å²) in [6.07, 6.45) is 1.86. The Bertz CT molecular complexity index is 687. The molecule has 1 amide bonds. The molecule has 120 valence electrons. The second kappa shape index (κ2) is 7.08. The van der Waals surface area contributed by atoms with E-state index in [2.05, 4.69) is 25.8 Å². The number of benzene rings is 1. The van der Waals surface area contributed by atoms with Crippen molar-refractivity contribution in [1.82, 2.24) is 9.88 Å². The number of pyridine rings is 1. The van der Waals surface area contributed by atoms with Gasteiger partial charge in [0.25, 0.3) is 0 Å². The maximum Gasteiger partial charge on any atom is 0.227 e. The number of amides is 1. The van der Waals surface area contributed by atoms with Crippen LogP contribution in [0.5, 0.6) is 0 Å². The first-order valence-corrected chi connectivity index (χ1v) is 8.30. The molecular weight excluding hydrogens is 361 g/mol. The van der Waals surface area contributed by atoms with Crippen molar-refractivity contribution in [3.05, 3.63) is 58.4 Å². The summed E-state index contributed by atoms with van der Waals surface area (Å²) in [6.45, 7) is 2.74. The Balaban J connectivity index is 1.59. The van der Waals surface area contributed by atoms with E-state index < -0.39 is 0 Å². The normalized spacial score (nSPS) is 14.9. The van der Waals surface area contributed by atoms with E-state index in [0.29, 0.717) is 18.7 Å². The van der Waals surface area contributed by atoms with Crippen LogP contribution in [0.2, 0.25) is 0 Å². The average Bonchev–Trinajstić information content (AvgIpc) is 2.59. The van der Waals surface area contributed by atoms with E-state index in [1.165, 1.54) is 6.07 Å². The Labute approximate surface area is 143 Å². The molecule has 1 fully saturated rings. The largest absolute Gasteiger partial charge is 0.353 e. The summed E-state index contributed by atoms with van der Waals surface area (Å²) in [5.74, 6) is 0.550. The van der Waals surface area contributed by atoms with Crippen LogP contribution in [0.4, 0.5) is 10.2 Å². The smallest absolute Gasteiger partial charge is 0.227 e. The molecule has 2 heterocycles. The van der Waals surface area contributed by atoms with Gasteiger partial charge in [-0.3, -0.25) is 4.79 Å². The van der Waals surface area contributed by atoms with Crippen molar-refractivity contribution in [2.24, 2.45) is 0 Å². The van der Waals surface area contributed by atoms with Crippen LogP contribution in [0.1, 0.15) is 5.56 Å². The van der Waals surface area contributed by atoms with Crippen LogP contribution in [-0.4, -0.2) is 42.0 Å². The second-order valence-corrected chi connectivity index (χ2v) is 6.38. The first kappa shape index (κ1) is 15.9. The molecule has 0 saturated carbocycles. The number of nitrogens with zero attached hydrogens (tertiary/aromatic N) is 3. The third kappa shape index (κ3) is 3.88. The summed E-state index contributed by atoms with van der Waals surface area (Å²) >= 11 is 3.31. The van der Waals surface area contributed by atoms with E-state index >= 15 is 0 Å². The van der Waals surface area contributed by atoms with Gasteiger partial charge in [-0.2, -0.15) is 0 Å². The molecule has 1 aliphatic heterocycles. The van der Waals surface area contributed by atoms with Crippen LogP contribution < -0.4 is 4.90 Å². The van der Waals surface area contributed by atoms with Gasteiger partial charge in [0.1, 0.15) is 11.6 Å². The van der Waals surface area contributed by atoms with Crippen molar-refractivity contribution in [3.63, 3.8) is 0 Å². The van der Waals surface area contributed by atoms with Gasteiger partial charge in [0.2, 0.25) is 5.91 Å². The molecule has 23 heavy (non-hydrogen) atoms. The summed E-state index contributed by atoms with van der Waals surface area (Å²) in [4.78, 5) is 20.7. The third-order valence-corrected chi connectivity index (χ3v) is 4.45. The number of carbonyl (C=O) groups is 1. The Hall–Kier alpha value is -1.95. The topological polar surface area (TPSA) is 36.4 Å². The van der Waals surface area contributed by atoms with E-state index in [1.807, 2.05) is 18.2 Å². The predicted octanol–water partition coefficient (Wildman–Crippen LogP) is 2.87. The van der Waals surface area contributed by atoms with Gasteiger partial charge in [-0.1, -0.05) is 22.0 Å². The van der Waals surface area contributed by atoms with Crippen LogP contribution in [0.3, 0.4) is 0 Å².